The Labute approximate surface area is 163 Å². The van der Waals surface area contributed by atoms with Gasteiger partial charge in [0.05, 0.1) is 30.5 Å². The maximum Gasteiger partial charge on any atom is 0.341 e. The van der Waals surface area contributed by atoms with Crippen molar-refractivity contribution in [1.29, 1.82) is 0 Å². The lowest BCUT2D eigenvalue weighted by atomic mass is 10.0. The molecule has 0 aliphatic heterocycles. The first kappa shape index (κ1) is 19.4. The minimum Gasteiger partial charge on any atom is -0.465 e. The van der Waals surface area contributed by atoms with Gasteiger partial charge in [0.25, 0.3) is 0 Å². The highest BCUT2D eigenvalue weighted by atomic mass is 16.5. The summed E-state index contributed by atoms with van der Waals surface area (Å²) >= 11 is 0. The monoisotopic (exact) mass is 378 g/mol. The van der Waals surface area contributed by atoms with E-state index in [4.69, 9.17) is 9.47 Å². The molecular formula is C22H22N2O4. The van der Waals surface area contributed by atoms with Gasteiger partial charge in [-0.3, -0.25) is 4.98 Å². The first-order valence-corrected chi connectivity index (χ1v) is 9.12. The highest BCUT2D eigenvalue weighted by Crippen LogP contribution is 2.31. The molecule has 0 aliphatic rings. The minimum absolute atomic E-state index is 0.277. The number of nitrogens with zero attached hydrogens (tertiary/aromatic N) is 1. The van der Waals surface area contributed by atoms with Gasteiger partial charge in [0, 0.05) is 17.3 Å². The number of anilines is 2. The van der Waals surface area contributed by atoms with Crippen LogP contribution >= 0.6 is 0 Å². The van der Waals surface area contributed by atoms with Crippen molar-refractivity contribution < 1.29 is 19.1 Å². The molecule has 0 aliphatic carbocycles. The molecule has 0 saturated heterocycles. The third-order valence-corrected chi connectivity index (χ3v) is 4.43. The Kier molecular flexibility index (Phi) is 5.89. The van der Waals surface area contributed by atoms with Crippen molar-refractivity contribution in [2.75, 3.05) is 19.0 Å². The van der Waals surface area contributed by atoms with Crippen LogP contribution in [-0.2, 0) is 15.9 Å². The first-order chi connectivity index (χ1) is 13.6. The van der Waals surface area contributed by atoms with Gasteiger partial charge in [0.2, 0.25) is 0 Å². The van der Waals surface area contributed by atoms with Gasteiger partial charge in [-0.25, -0.2) is 9.59 Å². The Hall–Kier alpha value is -3.41. The molecule has 0 amide bonds. The maximum atomic E-state index is 12.5. The van der Waals surface area contributed by atoms with E-state index >= 15 is 0 Å². The molecule has 28 heavy (non-hydrogen) atoms. The lowest BCUT2D eigenvalue weighted by Crippen LogP contribution is -2.10. The van der Waals surface area contributed by atoms with Crippen molar-refractivity contribution in [2.45, 2.75) is 20.3 Å². The first-order valence-electron chi connectivity index (χ1n) is 9.12. The fraction of sp³-hybridized carbons (Fsp3) is 0.227. The van der Waals surface area contributed by atoms with Crippen LogP contribution < -0.4 is 5.32 Å². The van der Waals surface area contributed by atoms with Gasteiger partial charge >= 0.3 is 11.9 Å². The molecular weight excluding hydrogens is 356 g/mol. The number of aryl methyl sites for hydroxylation is 1. The molecule has 2 aromatic carbocycles. The number of benzene rings is 2. The topological polar surface area (TPSA) is 77.5 Å². The van der Waals surface area contributed by atoms with E-state index in [2.05, 4.69) is 17.2 Å². The van der Waals surface area contributed by atoms with E-state index in [-0.39, 0.29) is 6.61 Å². The zero-order valence-electron chi connectivity index (χ0n) is 16.1. The molecule has 3 aromatic rings. The SMILES string of the molecule is CCOC(=O)c1cnc2c(CC)cccc2c1Nc1ccc(C(=O)OC)cc1. The van der Waals surface area contributed by atoms with Crippen molar-refractivity contribution in [2.24, 2.45) is 0 Å². The van der Waals surface area contributed by atoms with E-state index in [9.17, 15) is 9.59 Å². The number of rotatable bonds is 6. The summed E-state index contributed by atoms with van der Waals surface area (Å²) in [6.45, 7) is 4.10. The second-order valence-electron chi connectivity index (χ2n) is 6.13. The van der Waals surface area contributed by atoms with E-state index in [1.54, 1.807) is 37.4 Å². The average Bonchev–Trinajstić information content (AvgIpc) is 2.73. The van der Waals surface area contributed by atoms with Crippen molar-refractivity contribution in [3.8, 4) is 0 Å². The number of methoxy groups -OCH3 is 1. The standard InChI is InChI=1S/C22H22N2O4/c1-4-14-7-6-8-17-19(14)23-13-18(22(26)28-5-2)20(17)24-16-11-9-15(10-12-16)21(25)27-3/h6-13H,4-5H2,1-3H3,(H,23,24). The van der Waals surface area contributed by atoms with Crippen LogP contribution in [0, 0.1) is 0 Å². The molecule has 1 N–H and O–H groups in total. The van der Waals surface area contributed by atoms with Crippen LogP contribution in [0.5, 0.6) is 0 Å². The smallest absolute Gasteiger partial charge is 0.341 e. The van der Waals surface area contributed by atoms with E-state index in [1.165, 1.54) is 7.11 Å². The quantitative estimate of drug-likeness (QED) is 0.636. The van der Waals surface area contributed by atoms with Crippen LogP contribution in [0.2, 0.25) is 0 Å². The number of pyridine rings is 1. The summed E-state index contributed by atoms with van der Waals surface area (Å²) in [5.74, 6) is -0.840. The van der Waals surface area contributed by atoms with Crippen molar-refractivity contribution in [3.63, 3.8) is 0 Å². The molecule has 144 valence electrons. The number of esters is 2. The molecule has 3 rings (SSSR count). The largest absolute Gasteiger partial charge is 0.465 e. The van der Waals surface area contributed by atoms with Crippen LogP contribution in [0.25, 0.3) is 10.9 Å². The molecule has 0 bridgehead atoms. The van der Waals surface area contributed by atoms with Crippen LogP contribution in [0.1, 0.15) is 40.1 Å². The zero-order valence-corrected chi connectivity index (χ0v) is 16.1. The molecule has 0 radical (unpaired) electrons. The van der Waals surface area contributed by atoms with Crippen LogP contribution in [0.3, 0.4) is 0 Å². The van der Waals surface area contributed by atoms with E-state index in [1.807, 2.05) is 18.2 Å². The van der Waals surface area contributed by atoms with Gasteiger partial charge in [-0.2, -0.15) is 0 Å². The van der Waals surface area contributed by atoms with Crippen LogP contribution in [-0.4, -0.2) is 30.6 Å². The van der Waals surface area contributed by atoms with Gasteiger partial charge in [0.15, 0.2) is 0 Å². The number of hydrogen-bond acceptors (Lipinski definition) is 6. The molecule has 0 saturated carbocycles. The summed E-state index contributed by atoms with van der Waals surface area (Å²) in [5.41, 5.74) is 4.10. The van der Waals surface area contributed by atoms with E-state index < -0.39 is 11.9 Å². The number of carbonyl (C=O) groups excluding carboxylic acids is 2. The number of para-hydroxylation sites is 1. The van der Waals surface area contributed by atoms with Crippen molar-refractivity contribution >= 4 is 34.2 Å². The summed E-state index contributed by atoms with van der Waals surface area (Å²) in [6.07, 6.45) is 2.38. The van der Waals surface area contributed by atoms with Gasteiger partial charge in [-0.15, -0.1) is 0 Å². The lowest BCUT2D eigenvalue weighted by molar-refractivity contribution is 0.0526. The maximum absolute atomic E-state index is 12.5. The van der Waals surface area contributed by atoms with Crippen molar-refractivity contribution in [3.05, 3.63) is 65.4 Å². The molecule has 1 heterocycles. The Morgan fingerprint density at radius 2 is 1.79 bits per heavy atom. The fourth-order valence-electron chi connectivity index (χ4n) is 3.02. The Morgan fingerprint density at radius 1 is 1.04 bits per heavy atom. The number of fused-ring (bicyclic) bond motifs is 1. The third-order valence-electron chi connectivity index (χ3n) is 4.43. The molecule has 0 spiro atoms. The molecule has 6 heteroatoms. The summed E-state index contributed by atoms with van der Waals surface area (Å²) in [7, 11) is 1.34. The van der Waals surface area contributed by atoms with Gasteiger partial charge in [-0.1, -0.05) is 25.1 Å². The van der Waals surface area contributed by atoms with E-state index in [0.717, 1.165) is 28.6 Å². The fourth-order valence-corrected chi connectivity index (χ4v) is 3.02. The van der Waals surface area contributed by atoms with Gasteiger partial charge in [-0.05, 0) is 43.2 Å². The lowest BCUT2D eigenvalue weighted by Gasteiger charge is -2.15. The zero-order chi connectivity index (χ0) is 20.1. The third kappa shape index (κ3) is 3.81. The number of carbonyl (C=O) groups is 2. The molecule has 0 unspecified atom stereocenters. The van der Waals surface area contributed by atoms with Crippen LogP contribution in [0.4, 0.5) is 11.4 Å². The molecule has 0 fully saturated rings. The highest BCUT2D eigenvalue weighted by molar-refractivity contribution is 6.06. The minimum atomic E-state index is -0.438. The summed E-state index contributed by atoms with van der Waals surface area (Å²) in [6, 6.07) is 12.7. The van der Waals surface area contributed by atoms with Gasteiger partial charge < -0.3 is 14.8 Å². The second kappa shape index (κ2) is 8.52. The highest BCUT2D eigenvalue weighted by Gasteiger charge is 2.18. The number of hydrogen-bond donors (Lipinski definition) is 1. The number of nitrogens with one attached hydrogen (secondary N) is 1. The summed E-state index contributed by atoms with van der Waals surface area (Å²) in [4.78, 5) is 28.6. The predicted octanol–water partition coefficient (Wildman–Crippen LogP) is 4.50. The number of ether oxygens (including phenoxy) is 2. The van der Waals surface area contributed by atoms with Crippen LogP contribution in [0.15, 0.2) is 48.7 Å². The van der Waals surface area contributed by atoms with E-state index in [0.29, 0.717) is 16.8 Å². The molecule has 1 aromatic heterocycles. The Bertz CT molecular complexity index is 1010. The number of aromatic nitrogens is 1. The normalized spacial score (nSPS) is 10.5. The average molecular weight is 378 g/mol. The summed E-state index contributed by atoms with van der Waals surface area (Å²) < 4.78 is 9.92. The summed E-state index contributed by atoms with van der Waals surface area (Å²) in [5, 5.41) is 4.13. The Morgan fingerprint density at radius 3 is 2.43 bits per heavy atom. The van der Waals surface area contributed by atoms with Gasteiger partial charge in [0.1, 0.15) is 5.56 Å². The molecule has 0 atom stereocenters. The van der Waals surface area contributed by atoms with Crippen molar-refractivity contribution in [1.82, 2.24) is 4.98 Å². The second-order valence-corrected chi connectivity index (χ2v) is 6.13. The molecule has 6 nitrogen and oxygen atoms in total. The predicted molar refractivity (Wildman–Crippen MR) is 108 cm³/mol. The Balaban J connectivity index is 2.09.